The van der Waals surface area contributed by atoms with Gasteiger partial charge in [0.05, 0.1) is 0 Å². The van der Waals surface area contributed by atoms with Crippen molar-refractivity contribution in [3.8, 4) is 0 Å². The molecule has 0 saturated carbocycles. The zero-order valence-corrected chi connectivity index (χ0v) is 7.27. The summed E-state index contributed by atoms with van der Waals surface area (Å²) in [5.41, 5.74) is 0. The van der Waals surface area contributed by atoms with Crippen LogP contribution in [-0.4, -0.2) is 12.1 Å². The SMILES string of the molecule is C[SiH](C)[CH]=[Zr+2]. The van der Waals surface area contributed by atoms with Gasteiger partial charge in [-0.3, -0.25) is 0 Å². The van der Waals surface area contributed by atoms with Gasteiger partial charge in [-0.25, -0.2) is 0 Å². The van der Waals surface area contributed by atoms with E-state index in [1.807, 2.05) is 0 Å². The van der Waals surface area contributed by atoms with E-state index in [0.29, 0.717) is 0 Å². The summed E-state index contributed by atoms with van der Waals surface area (Å²) in [5.74, 6) is 0. The van der Waals surface area contributed by atoms with E-state index in [9.17, 15) is 0 Å². The molecule has 0 atom stereocenters. The number of hydrogen-bond acceptors (Lipinski definition) is 0. The third-order valence-corrected chi connectivity index (χ3v) is 5.92. The molecular formula is C3H8SiZr+2. The van der Waals surface area contributed by atoms with Crippen LogP contribution in [0.2, 0.25) is 13.1 Å². The van der Waals surface area contributed by atoms with Crippen LogP contribution in [0.15, 0.2) is 0 Å². The molecule has 2 heteroatoms. The Bertz CT molecular complexity index is 33.9. The molecule has 0 aromatic rings. The summed E-state index contributed by atoms with van der Waals surface area (Å²) in [6, 6.07) is 0. The van der Waals surface area contributed by atoms with E-state index in [0.717, 1.165) is 0 Å². The van der Waals surface area contributed by atoms with E-state index in [2.05, 4.69) is 16.4 Å². The average molecular weight is 163 g/mol. The number of hydrogen-bond donors (Lipinski definition) is 0. The van der Waals surface area contributed by atoms with Crippen LogP contribution in [0.5, 0.6) is 0 Å². The van der Waals surface area contributed by atoms with Gasteiger partial charge >= 0.3 is 49.5 Å². The molecule has 0 aliphatic heterocycles. The van der Waals surface area contributed by atoms with Crippen LogP contribution in [-0.2, 0) is 24.2 Å². The van der Waals surface area contributed by atoms with Crippen LogP contribution in [0.4, 0.5) is 0 Å². The Morgan fingerprint density at radius 1 is 1.60 bits per heavy atom. The van der Waals surface area contributed by atoms with Gasteiger partial charge in [0, 0.05) is 0 Å². The summed E-state index contributed by atoms with van der Waals surface area (Å²) in [4.78, 5) is 0. The molecule has 0 bridgehead atoms. The third kappa shape index (κ3) is 4.97. The van der Waals surface area contributed by atoms with Crippen LogP contribution in [0, 0.1) is 0 Å². The van der Waals surface area contributed by atoms with Crippen molar-refractivity contribution in [2.24, 2.45) is 0 Å². The van der Waals surface area contributed by atoms with Gasteiger partial charge in [0.1, 0.15) is 0 Å². The van der Waals surface area contributed by atoms with Crippen molar-refractivity contribution in [2.75, 3.05) is 0 Å². The topological polar surface area (TPSA) is 0 Å². The molecule has 5 heavy (non-hydrogen) atoms. The fraction of sp³-hybridized carbons (Fsp3) is 0.667. The van der Waals surface area contributed by atoms with E-state index >= 15 is 0 Å². The Morgan fingerprint density at radius 2 is 1.80 bits per heavy atom. The molecule has 0 rings (SSSR count). The van der Waals surface area contributed by atoms with Crippen molar-refractivity contribution in [1.82, 2.24) is 0 Å². The van der Waals surface area contributed by atoms with E-state index in [4.69, 9.17) is 0 Å². The maximum absolute atomic E-state index is 2.40. The molecule has 0 N–H and O–H groups in total. The van der Waals surface area contributed by atoms with Crippen LogP contribution >= 0.6 is 0 Å². The minimum absolute atomic E-state index is 0.235. The zero-order chi connectivity index (χ0) is 4.28. The third-order valence-electron chi connectivity index (χ3n) is 0.333. The van der Waals surface area contributed by atoms with Gasteiger partial charge < -0.3 is 0 Å². The van der Waals surface area contributed by atoms with Crippen molar-refractivity contribution in [1.29, 1.82) is 0 Å². The second kappa shape index (κ2) is 3.17. The molecule has 0 aromatic heterocycles. The van der Waals surface area contributed by atoms with E-state index < -0.39 is 0 Å². The van der Waals surface area contributed by atoms with Gasteiger partial charge in [0.2, 0.25) is 0 Å². The Morgan fingerprint density at radius 3 is 1.80 bits per heavy atom. The summed E-state index contributed by atoms with van der Waals surface area (Å²) >= 11 is 1.60. The predicted octanol–water partition coefficient (Wildman–Crippen LogP) is 0.361. The second-order valence-electron chi connectivity index (χ2n) is 1.41. The van der Waals surface area contributed by atoms with Gasteiger partial charge in [-0.2, -0.15) is 0 Å². The van der Waals surface area contributed by atoms with Crippen molar-refractivity contribution in [3.05, 3.63) is 0 Å². The fourth-order valence-corrected chi connectivity index (χ4v) is 0. The van der Waals surface area contributed by atoms with Crippen LogP contribution in [0.3, 0.4) is 0 Å². The summed E-state index contributed by atoms with van der Waals surface area (Å²) in [5, 5.41) is 0. The first-order chi connectivity index (χ1) is 2.27. The van der Waals surface area contributed by atoms with Crippen LogP contribution in [0.25, 0.3) is 0 Å². The molecule has 0 aliphatic rings. The van der Waals surface area contributed by atoms with E-state index in [-0.39, 0.29) is 8.80 Å². The predicted molar refractivity (Wildman–Crippen MR) is 24.9 cm³/mol. The first-order valence-electron chi connectivity index (χ1n) is 1.78. The normalized spacial score (nSPS) is 9.00. The first kappa shape index (κ1) is 5.97. The first-order valence-corrected chi connectivity index (χ1v) is 6.17. The van der Waals surface area contributed by atoms with Crippen LogP contribution < -0.4 is 0 Å². The Balaban J connectivity index is 2.83. The zero-order valence-electron chi connectivity index (χ0n) is 3.65. The fourth-order valence-electron chi connectivity index (χ4n) is 0. The Labute approximate surface area is 49.5 Å². The van der Waals surface area contributed by atoms with E-state index in [1.54, 1.807) is 24.2 Å². The molecule has 0 fully saturated rings. The Hall–Kier alpha value is 0.970. The number of rotatable bonds is 1. The quantitative estimate of drug-likeness (QED) is 0.490. The molecule has 0 unspecified atom stereocenters. The van der Waals surface area contributed by atoms with Crippen LogP contribution in [0.1, 0.15) is 0 Å². The summed E-state index contributed by atoms with van der Waals surface area (Å²) < 4.78 is 2.40. The van der Waals surface area contributed by atoms with Gasteiger partial charge in [-0.15, -0.1) is 0 Å². The molecule has 0 radical (unpaired) electrons. The van der Waals surface area contributed by atoms with Gasteiger partial charge in [-0.1, -0.05) is 0 Å². The molecule has 26 valence electrons. The molecule has 0 heterocycles. The molecule has 0 spiro atoms. The molecule has 0 amide bonds. The summed E-state index contributed by atoms with van der Waals surface area (Å²) in [7, 11) is -0.235. The average Bonchev–Trinajstić information content (AvgIpc) is 1.38. The van der Waals surface area contributed by atoms with Crippen molar-refractivity contribution in [3.63, 3.8) is 0 Å². The van der Waals surface area contributed by atoms with Crippen molar-refractivity contribution in [2.45, 2.75) is 13.1 Å². The molecule has 0 aliphatic carbocycles. The summed E-state index contributed by atoms with van der Waals surface area (Å²) in [6.07, 6.45) is 0. The second-order valence-corrected chi connectivity index (χ2v) is 6.69. The molecule has 0 aromatic carbocycles. The van der Waals surface area contributed by atoms with Gasteiger partial charge in [-0.05, 0) is 0 Å². The Kier molecular flexibility index (Phi) is 3.79. The minimum atomic E-state index is -0.235. The molecule has 0 saturated heterocycles. The summed E-state index contributed by atoms with van der Waals surface area (Å²) in [6.45, 7) is 4.66. The molecule has 0 nitrogen and oxygen atoms in total. The van der Waals surface area contributed by atoms with Gasteiger partial charge in [0.25, 0.3) is 0 Å². The maximum atomic E-state index is 2.40. The van der Waals surface area contributed by atoms with Crippen molar-refractivity contribution >= 4 is 12.1 Å². The molecular weight excluding hydrogens is 155 g/mol. The monoisotopic (exact) mass is 162 g/mol. The standard InChI is InChI=1S/C3H8Si.Zr/c1-4(2)3;/h1,4H,2-3H3;/q;+2. The van der Waals surface area contributed by atoms with Crippen molar-refractivity contribution < 1.29 is 24.2 Å². The van der Waals surface area contributed by atoms with Gasteiger partial charge in [0.15, 0.2) is 0 Å². The van der Waals surface area contributed by atoms with E-state index in [1.165, 1.54) is 0 Å².